The average molecular weight is 300 g/mol. The summed E-state index contributed by atoms with van der Waals surface area (Å²) in [7, 11) is 1.62. The first-order valence-electron chi connectivity index (χ1n) is 7.03. The number of methoxy groups -OCH3 is 1. The van der Waals surface area contributed by atoms with Crippen LogP contribution >= 0.6 is 0 Å². The normalized spacial score (nSPS) is 11.1. The Labute approximate surface area is 124 Å². The highest BCUT2D eigenvalue weighted by molar-refractivity contribution is 5.59. The number of ether oxygens (including phenoxy) is 2. The summed E-state index contributed by atoms with van der Waals surface area (Å²) in [6.07, 6.45) is 0.753. The maximum absolute atomic E-state index is 11.2. The summed E-state index contributed by atoms with van der Waals surface area (Å²) in [4.78, 5) is 10.8. The predicted molar refractivity (Wildman–Crippen MR) is 79.8 cm³/mol. The number of aryl methyl sites for hydroxylation is 1. The summed E-state index contributed by atoms with van der Waals surface area (Å²) in [5.41, 5.74) is 0.469. The van der Waals surface area contributed by atoms with Gasteiger partial charge in [-0.3, -0.25) is 10.1 Å². The third-order valence-corrected chi connectivity index (χ3v) is 2.92. The van der Waals surface area contributed by atoms with E-state index in [-0.39, 0.29) is 11.7 Å². The van der Waals surface area contributed by atoms with Crippen LogP contribution in [0, 0.1) is 17.0 Å². The maximum atomic E-state index is 11.2. The Morgan fingerprint density at radius 3 is 2.67 bits per heavy atom. The zero-order chi connectivity index (χ0) is 15.8. The van der Waals surface area contributed by atoms with E-state index in [1.807, 2.05) is 13.8 Å². The number of aromatic nitrogens is 2. The molecule has 8 nitrogen and oxygen atoms in total. The minimum Gasteiger partial charge on any atom is -0.382 e. The molecule has 0 saturated heterocycles. The molecule has 0 bridgehead atoms. The first kappa shape index (κ1) is 17.4. The standard InChI is InChI=1S/C13H24N4O4/c1-10(2)16-13(12(17(18)19)11(3)15-16)14-6-5-7-21-9-8-20-4/h10,14H,5-9H2,1-4H3. The van der Waals surface area contributed by atoms with Crippen LogP contribution in [0.3, 0.4) is 0 Å². The lowest BCUT2D eigenvalue weighted by molar-refractivity contribution is -0.384. The monoisotopic (exact) mass is 300 g/mol. The fourth-order valence-corrected chi connectivity index (χ4v) is 1.92. The van der Waals surface area contributed by atoms with Crippen LogP contribution < -0.4 is 5.32 Å². The maximum Gasteiger partial charge on any atom is 0.333 e. The van der Waals surface area contributed by atoms with Gasteiger partial charge in [0.25, 0.3) is 0 Å². The van der Waals surface area contributed by atoms with Gasteiger partial charge in [-0.1, -0.05) is 0 Å². The van der Waals surface area contributed by atoms with Gasteiger partial charge >= 0.3 is 5.69 Å². The van der Waals surface area contributed by atoms with Crippen LogP contribution in [0.4, 0.5) is 11.5 Å². The van der Waals surface area contributed by atoms with Crippen LogP contribution in [0.25, 0.3) is 0 Å². The molecule has 1 rings (SSSR count). The van der Waals surface area contributed by atoms with Gasteiger partial charge in [0.15, 0.2) is 0 Å². The van der Waals surface area contributed by atoms with Gasteiger partial charge in [-0.05, 0) is 27.2 Å². The van der Waals surface area contributed by atoms with Crippen molar-refractivity contribution < 1.29 is 14.4 Å². The van der Waals surface area contributed by atoms with E-state index in [2.05, 4.69) is 10.4 Å². The number of rotatable bonds is 10. The summed E-state index contributed by atoms with van der Waals surface area (Å²) in [5, 5.41) is 18.5. The minimum absolute atomic E-state index is 0.0454. The first-order valence-corrected chi connectivity index (χ1v) is 7.03. The van der Waals surface area contributed by atoms with Crippen molar-refractivity contribution in [3.8, 4) is 0 Å². The SMILES string of the molecule is COCCOCCCNc1c([N+](=O)[O-])c(C)nn1C(C)C. The fourth-order valence-electron chi connectivity index (χ4n) is 1.92. The molecule has 0 unspecified atom stereocenters. The molecule has 0 aliphatic heterocycles. The molecule has 1 heterocycles. The number of nitrogens with one attached hydrogen (secondary N) is 1. The van der Waals surface area contributed by atoms with E-state index in [1.165, 1.54) is 0 Å². The largest absolute Gasteiger partial charge is 0.382 e. The number of anilines is 1. The zero-order valence-electron chi connectivity index (χ0n) is 13.1. The predicted octanol–water partition coefficient (Wildman–Crippen LogP) is 2.15. The van der Waals surface area contributed by atoms with Gasteiger partial charge in [0.05, 0.1) is 18.1 Å². The molecule has 0 atom stereocenters. The molecule has 1 N–H and O–H groups in total. The van der Waals surface area contributed by atoms with E-state index in [0.29, 0.717) is 37.9 Å². The minimum atomic E-state index is -0.390. The average Bonchev–Trinajstić information content (AvgIpc) is 2.75. The lowest BCUT2D eigenvalue weighted by Gasteiger charge is -2.12. The van der Waals surface area contributed by atoms with Crippen molar-refractivity contribution in [3.05, 3.63) is 15.8 Å². The van der Waals surface area contributed by atoms with Gasteiger partial charge in [0, 0.05) is 26.3 Å². The highest BCUT2D eigenvalue weighted by atomic mass is 16.6. The summed E-state index contributed by atoms with van der Waals surface area (Å²) in [6.45, 7) is 7.82. The Bertz CT molecular complexity index is 459. The van der Waals surface area contributed by atoms with Crippen molar-refractivity contribution in [3.63, 3.8) is 0 Å². The summed E-state index contributed by atoms with van der Waals surface area (Å²) >= 11 is 0. The highest BCUT2D eigenvalue weighted by Gasteiger charge is 2.25. The van der Waals surface area contributed by atoms with Crippen LogP contribution in [0.15, 0.2) is 0 Å². The molecule has 0 fully saturated rings. The van der Waals surface area contributed by atoms with Gasteiger partial charge in [-0.15, -0.1) is 0 Å². The topological polar surface area (TPSA) is 91.4 Å². The summed E-state index contributed by atoms with van der Waals surface area (Å²) in [5.74, 6) is 0.462. The van der Waals surface area contributed by atoms with E-state index >= 15 is 0 Å². The van der Waals surface area contributed by atoms with E-state index in [1.54, 1.807) is 18.7 Å². The second-order valence-corrected chi connectivity index (χ2v) is 4.96. The summed E-state index contributed by atoms with van der Waals surface area (Å²) in [6, 6.07) is 0.0536. The quantitative estimate of drug-likeness (QED) is 0.404. The lowest BCUT2D eigenvalue weighted by atomic mass is 10.3. The second kappa shape index (κ2) is 8.58. The van der Waals surface area contributed by atoms with E-state index in [0.717, 1.165) is 6.42 Å². The molecule has 1 aromatic rings. The molecule has 21 heavy (non-hydrogen) atoms. The van der Waals surface area contributed by atoms with Crippen LogP contribution in [0.5, 0.6) is 0 Å². The van der Waals surface area contributed by atoms with Crippen molar-refractivity contribution in [1.82, 2.24) is 9.78 Å². The smallest absolute Gasteiger partial charge is 0.333 e. The van der Waals surface area contributed by atoms with Crippen LogP contribution in [-0.4, -0.2) is 48.2 Å². The van der Waals surface area contributed by atoms with Gasteiger partial charge in [-0.25, -0.2) is 4.68 Å². The number of hydrogen-bond acceptors (Lipinski definition) is 6. The number of nitro groups is 1. The van der Waals surface area contributed by atoms with Crippen molar-refractivity contribution in [2.75, 3.05) is 38.8 Å². The Kier molecular flexibility index (Phi) is 7.10. The Balaban J connectivity index is 2.58. The molecule has 0 aliphatic rings. The molecule has 0 radical (unpaired) electrons. The molecule has 0 aromatic carbocycles. The van der Waals surface area contributed by atoms with Crippen LogP contribution in [-0.2, 0) is 9.47 Å². The third kappa shape index (κ3) is 4.98. The third-order valence-electron chi connectivity index (χ3n) is 2.92. The molecule has 1 aromatic heterocycles. The van der Waals surface area contributed by atoms with Crippen molar-refractivity contribution in [1.29, 1.82) is 0 Å². The van der Waals surface area contributed by atoms with Crippen molar-refractivity contribution in [2.45, 2.75) is 33.2 Å². The first-order chi connectivity index (χ1) is 9.99. The summed E-state index contributed by atoms with van der Waals surface area (Å²) < 4.78 is 11.9. The Morgan fingerprint density at radius 1 is 1.38 bits per heavy atom. The molecular formula is C13H24N4O4. The molecule has 8 heteroatoms. The molecule has 0 spiro atoms. The van der Waals surface area contributed by atoms with Crippen molar-refractivity contribution >= 4 is 11.5 Å². The van der Waals surface area contributed by atoms with Crippen LogP contribution in [0.1, 0.15) is 32.0 Å². The Hall–Kier alpha value is -1.67. The second-order valence-electron chi connectivity index (χ2n) is 4.96. The van der Waals surface area contributed by atoms with Gasteiger partial charge in [0.2, 0.25) is 5.82 Å². The highest BCUT2D eigenvalue weighted by Crippen LogP contribution is 2.30. The molecule has 0 aliphatic carbocycles. The van der Waals surface area contributed by atoms with Gasteiger partial charge in [-0.2, -0.15) is 5.10 Å². The number of nitrogens with zero attached hydrogens (tertiary/aromatic N) is 3. The molecule has 120 valence electrons. The van der Waals surface area contributed by atoms with Crippen molar-refractivity contribution in [2.24, 2.45) is 0 Å². The van der Waals surface area contributed by atoms with E-state index in [4.69, 9.17) is 9.47 Å². The number of hydrogen-bond donors (Lipinski definition) is 1. The molecular weight excluding hydrogens is 276 g/mol. The zero-order valence-corrected chi connectivity index (χ0v) is 13.1. The van der Waals surface area contributed by atoms with Gasteiger partial charge in [0.1, 0.15) is 5.69 Å². The molecule has 0 amide bonds. The van der Waals surface area contributed by atoms with Crippen LogP contribution in [0.2, 0.25) is 0 Å². The van der Waals surface area contributed by atoms with Gasteiger partial charge < -0.3 is 14.8 Å². The fraction of sp³-hybridized carbons (Fsp3) is 0.769. The van der Waals surface area contributed by atoms with E-state index in [9.17, 15) is 10.1 Å². The van der Waals surface area contributed by atoms with E-state index < -0.39 is 4.92 Å². The molecule has 0 saturated carbocycles. The lowest BCUT2D eigenvalue weighted by Crippen LogP contribution is -2.13. The Morgan fingerprint density at radius 2 is 2.10 bits per heavy atom.